The lowest BCUT2D eigenvalue weighted by Gasteiger charge is -2.37. The van der Waals surface area contributed by atoms with Crippen LogP contribution in [-0.4, -0.2) is 349 Å². The van der Waals surface area contributed by atoms with Crippen molar-refractivity contribution < 1.29 is 74.0 Å². The van der Waals surface area contributed by atoms with Gasteiger partial charge in [-0.15, -0.1) is 65.9 Å². The Bertz CT molecular complexity index is 4200. The van der Waals surface area contributed by atoms with Crippen LogP contribution in [0.15, 0.2) is 135 Å². The third kappa shape index (κ3) is 21.8. The van der Waals surface area contributed by atoms with Gasteiger partial charge in [-0.25, -0.2) is 24.8 Å². The van der Waals surface area contributed by atoms with E-state index in [1.54, 1.807) is 58.5 Å². The molecule has 0 aromatic carbocycles. The predicted octanol–water partition coefficient (Wildman–Crippen LogP) is 2.68. The lowest BCUT2D eigenvalue weighted by molar-refractivity contribution is -0.181. The molecular weight excluding hydrogens is 1520 g/mol. The van der Waals surface area contributed by atoms with Crippen molar-refractivity contribution in [3.63, 3.8) is 0 Å². The van der Waals surface area contributed by atoms with E-state index in [0.717, 1.165) is 53.8 Å². The summed E-state index contributed by atoms with van der Waals surface area (Å²) in [7, 11) is 0. The van der Waals surface area contributed by atoms with Crippen LogP contribution in [0.4, 0.5) is 5.82 Å². The molecule has 0 aliphatic carbocycles. The molecule has 11 aliphatic heterocycles. The highest BCUT2D eigenvalue weighted by Crippen LogP contribution is 2.52. The van der Waals surface area contributed by atoms with E-state index in [2.05, 4.69) is 149 Å². The predicted molar refractivity (Wildman–Crippen MR) is 459 cm³/mol. The van der Waals surface area contributed by atoms with E-state index < -0.39 is 160 Å². The molecule has 0 spiro atoms. The molecule has 4 bridgehead atoms. The number of amidine groups is 4. The van der Waals surface area contributed by atoms with Crippen LogP contribution in [-0.2, 0) is 33.2 Å². The molecule has 31 nitrogen and oxygen atoms in total. The van der Waals surface area contributed by atoms with Crippen LogP contribution in [0.2, 0.25) is 0 Å². The molecule has 12 heterocycles. The smallest absolute Gasteiger partial charge is 0.351 e. The second kappa shape index (κ2) is 34.4. The first kappa shape index (κ1) is 91.1. The highest BCUT2D eigenvalue weighted by Gasteiger charge is 2.64. The fourth-order valence-electron chi connectivity index (χ4n) is 14.1. The van der Waals surface area contributed by atoms with Crippen molar-refractivity contribution in [1.82, 2.24) is 29.2 Å². The number of ether oxygens (including phenoxy) is 7. The van der Waals surface area contributed by atoms with Gasteiger partial charge >= 0.3 is 5.69 Å². The Morgan fingerprint density at radius 3 is 1.30 bits per heavy atom. The fraction of sp³-hybridized carbons (Fsp3) is 0.613. The number of nitrogens with zero attached hydrogens (tertiary/aromatic N) is 10. The number of aliphatic hydroxyl groups is 8. The Labute approximate surface area is 655 Å². The molecule has 5 unspecified atom stereocenters. The topological polar surface area (TPSA) is 454 Å². The Hall–Kier alpha value is -5.42. The first-order valence-electron chi connectivity index (χ1n) is 36.7. The van der Waals surface area contributed by atoms with E-state index in [1.165, 1.54) is 19.2 Å². The SMILES string of the molecule is C=C1N=C(N)C(C)=CN1C1O[C@@]2(CCP(=C)(C)C)CO[C@@H]1[C@@H]2O.C=C1N=C(N)C=CN1C1O[C@@]2(CCP(=C)(C)C)CO[C@@H]1[C@@H]2O.C=C1N=C(N)C=CN1C1O[C@H](CCP(=C)(C)C)[C@@H](O)[C@]1(C)O.C=C1N=C(N)C=CN1C1O[C@](C)(CCP(=C)(C)C)[C@@H](O)[C@H]1O.C=P(C)(C)CC[C@H]1OC(n2ccc(N)nc2=O)[C@](C)(O)[C@@H]1O. The molecule has 7 saturated heterocycles. The lowest BCUT2D eigenvalue weighted by atomic mass is 9.94. The molecule has 18 N–H and O–H groups in total. The Morgan fingerprint density at radius 2 is 0.883 bits per heavy atom. The minimum Gasteiger partial charge on any atom is -0.387 e. The maximum absolute atomic E-state index is 11.9. The maximum atomic E-state index is 11.9. The highest BCUT2D eigenvalue weighted by molar-refractivity contribution is 7.73. The van der Waals surface area contributed by atoms with Crippen LogP contribution in [0, 0.1) is 0 Å². The Morgan fingerprint density at radius 1 is 0.505 bits per heavy atom. The molecule has 0 saturated carbocycles. The molecule has 12 rings (SSSR count). The third-order valence-corrected chi connectivity index (χ3v) is 28.3. The van der Waals surface area contributed by atoms with E-state index in [-0.39, 0.29) is 5.82 Å². The zero-order chi connectivity index (χ0) is 83.2. The van der Waals surface area contributed by atoms with Gasteiger partial charge in [0.2, 0.25) is 0 Å². The van der Waals surface area contributed by atoms with Gasteiger partial charge in [0.25, 0.3) is 0 Å². The van der Waals surface area contributed by atoms with Crippen LogP contribution >= 0.6 is 34.4 Å². The van der Waals surface area contributed by atoms with Crippen molar-refractivity contribution in [2.75, 3.05) is 116 Å². The van der Waals surface area contributed by atoms with Crippen LogP contribution in [0.3, 0.4) is 0 Å². The number of hydrogen-bond acceptors (Lipinski definition) is 30. The van der Waals surface area contributed by atoms with Crippen LogP contribution in [0.1, 0.15) is 66.0 Å². The second-order valence-corrected chi connectivity index (χ2v) is 56.2. The average Bonchev–Trinajstić information content (AvgIpc) is 1.58. The number of aliphatic hydroxyl groups excluding tert-OH is 6. The van der Waals surface area contributed by atoms with Gasteiger partial charge in [0.05, 0.1) is 31.0 Å². The summed E-state index contributed by atoms with van der Waals surface area (Å²) in [6, 6.07) is 1.45. The summed E-state index contributed by atoms with van der Waals surface area (Å²) in [5, 5.41) is 84.1. The first-order valence-corrected chi connectivity index (χ1v) is 52.0. The van der Waals surface area contributed by atoms with E-state index in [1.807, 2.05) is 24.9 Å². The standard InChI is InChI=1S/C16H26N3O3P.C15H24N3O3P.2C15H26N3O3P.C14H24N3O4P/c1-10-8-19(11(2)18-14(10)17)15-12-13(20)16(22-15,9-21-12)6-7-23(3,4)5;1-10-17-11(16)5-7-18(10)14-12-13(19)15(21-14,9-20-12)6-8-22(2,3)4;1-10-17-12(16)6-8-18(10)14-15(2,20)13(19)11(21-14)7-9-22(3,4)5;1-10-17-11(16)6-8-18(10)14-12(19)13(20)15(2,21-14)7-9-22(3,4)5;1-14(20)11(18)9(6-8-22(2,3)4)21-12(14)17-7-5-10(15)16-13(17)19/h8,12-13,15,20H,2-3,6-7,9H2,1,4-5H3,(H2,17,18);5,7,12-14,19H,1-2,6,8-9H2,3-4H3,(H2,16,17);6,8,11,13-14,19-20H,1,3,7,9H2,2,4-5H3,(H2,16,17);6,8,12-14,19-20H,1,3,7,9H2,2,4-5H3,(H2,16,17);5,7,9,11-12,18,20H,2,6,8H2,1,3-4H3,(H2,15,16,19)/t12-,13+,15?,16+;12-,13+,14?,15+;11-,13-,14?,15+;12-,13+,14?,15-;9-,11-,12?,14-/m11111/s1. The van der Waals surface area contributed by atoms with Crippen LogP contribution < -0.4 is 34.4 Å². The van der Waals surface area contributed by atoms with E-state index in [9.17, 15) is 45.6 Å². The van der Waals surface area contributed by atoms with Gasteiger partial charge in [-0.2, -0.15) is 4.98 Å². The normalized spacial score (nSPS) is 35.8. The quantitative estimate of drug-likeness (QED) is 0.0835. The number of nitrogen functional groups attached to an aromatic ring is 1. The molecule has 7 fully saturated rings. The zero-order valence-electron chi connectivity index (χ0n) is 67.1. The molecule has 622 valence electrons. The molecule has 11 aliphatic rings. The minimum absolute atomic E-state index is 0.0968. The number of anilines is 1. The van der Waals surface area contributed by atoms with Gasteiger partial charge in [0, 0.05) is 36.6 Å². The summed E-state index contributed by atoms with van der Waals surface area (Å²) in [4.78, 5) is 38.9. The molecule has 20 atom stereocenters. The van der Waals surface area contributed by atoms with Crippen molar-refractivity contribution in [3.8, 4) is 0 Å². The maximum Gasteiger partial charge on any atom is 0.351 e. The second-order valence-electron chi connectivity index (χ2n) is 34.6. The number of rotatable bonds is 20. The largest absolute Gasteiger partial charge is 0.387 e. The Balaban J connectivity index is 0.000000174. The van der Waals surface area contributed by atoms with Crippen molar-refractivity contribution >= 4 is 95.1 Å². The minimum atomic E-state index is -1.59. The van der Waals surface area contributed by atoms with Crippen LogP contribution in [0.5, 0.6) is 0 Å². The molecule has 0 radical (unpaired) electrons. The summed E-state index contributed by atoms with van der Waals surface area (Å²) in [6.07, 6.45) is 31.6. The summed E-state index contributed by atoms with van der Waals surface area (Å²) >= 11 is 0. The summed E-state index contributed by atoms with van der Waals surface area (Å²) in [6.45, 7) is 38.4. The van der Waals surface area contributed by atoms with E-state index >= 15 is 0 Å². The van der Waals surface area contributed by atoms with Gasteiger partial charge < -0.3 is 122 Å². The summed E-state index contributed by atoms with van der Waals surface area (Å²) in [5.41, 5.74) is 23.3. The van der Waals surface area contributed by atoms with Gasteiger partial charge in [-0.1, -0.05) is 26.3 Å². The molecule has 36 heteroatoms. The van der Waals surface area contributed by atoms with Crippen LogP contribution in [0.25, 0.3) is 0 Å². The number of aromatic nitrogens is 2. The number of hydrogen-bond donors (Lipinski definition) is 13. The van der Waals surface area contributed by atoms with Gasteiger partial charge in [0.1, 0.15) is 124 Å². The Kier molecular flexibility index (Phi) is 28.2. The first-order chi connectivity index (χ1) is 50.9. The lowest BCUT2D eigenvalue weighted by Crippen LogP contribution is -2.51. The molecule has 0 amide bonds. The summed E-state index contributed by atoms with van der Waals surface area (Å²) < 4.78 is 43.0. The zero-order valence-corrected chi connectivity index (χ0v) is 71.6. The fourth-order valence-corrected chi connectivity index (χ4v) is 19.0. The number of fused-ring (bicyclic) bond motifs is 4. The van der Waals surface area contributed by atoms with Gasteiger partial charge in [-0.3, -0.25) is 4.57 Å². The molecule has 1 aromatic rings. The third-order valence-electron chi connectivity index (χ3n) is 21.0. The number of aliphatic imine (C=N–C) groups is 4. The number of nitrogens with two attached hydrogens (primary N) is 5. The van der Waals surface area contributed by atoms with E-state index in [4.69, 9.17) is 61.8 Å². The molecular formula is C75H126N15O16P5. The van der Waals surface area contributed by atoms with Gasteiger partial charge in [0.15, 0.2) is 31.1 Å². The molecule has 111 heavy (non-hydrogen) atoms. The highest BCUT2D eigenvalue weighted by atomic mass is 31.2. The summed E-state index contributed by atoms with van der Waals surface area (Å²) in [5.74, 6) is 3.40. The van der Waals surface area contributed by atoms with Gasteiger partial charge in [-0.05, 0) is 182 Å². The van der Waals surface area contributed by atoms with E-state index in [0.29, 0.717) is 79.1 Å². The monoisotopic (exact) mass is 1650 g/mol. The van der Waals surface area contributed by atoms with Crippen molar-refractivity contribution in [1.29, 1.82) is 0 Å². The van der Waals surface area contributed by atoms with Crippen molar-refractivity contribution in [2.24, 2.45) is 42.9 Å². The average molecular weight is 1650 g/mol. The molecule has 1 aromatic heterocycles. The van der Waals surface area contributed by atoms with Crippen molar-refractivity contribution in [2.45, 2.75) is 180 Å². The van der Waals surface area contributed by atoms with Crippen molar-refractivity contribution in [3.05, 3.63) is 121 Å².